The van der Waals surface area contributed by atoms with Crippen LogP contribution in [0.5, 0.6) is 0 Å². The first-order valence-electron chi connectivity index (χ1n) is 9.06. The van der Waals surface area contributed by atoms with E-state index in [0.29, 0.717) is 18.6 Å². The molecule has 10 heteroatoms. The predicted octanol–water partition coefficient (Wildman–Crippen LogP) is 2.03. The number of rotatable bonds is 5. The normalized spacial score (nSPS) is 16.3. The van der Waals surface area contributed by atoms with Crippen LogP contribution in [0, 0.1) is 5.92 Å². The van der Waals surface area contributed by atoms with Crippen LogP contribution in [0.3, 0.4) is 0 Å². The van der Waals surface area contributed by atoms with Crippen molar-refractivity contribution in [3.05, 3.63) is 46.4 Å². The third kappa shape index (κ3) is 5.06. The van der Waals surface area contributed by atoms with Crippen LogP contribution < -0.4 is 10.5 Å². The minimum absolute atomic E-state index is 0.236. The molecule has 0 aromatic carbocycles. The Labute approximate surface area is 160 Å². The van der Waals surface area contributed by atoms with E-state index in [4.69, 9.17) is 0 Å². The van der Waals surface area contributed by atoms with Gasteiger partial charge in [0.25, 0.3) is 5.56 Å². The highest BCUT2D eigenvalue weighted by Gasteiger charge is 2.33. The second-order valence-corrected chi connectivity index (χ2v) is 7.27. The van der Waals surface area contributed by atoms with Crippen LogP contribution >= 0.6 is 0 Å². The standard InChI is InChI=1S/C18H23F3N6O/c1-25(2)17-22-8-14(9-23-17)10-26-5-3-13(4-6-26)11-27-12-24-15(7-16(27)28)18(19,20)21/h7-9,12-13H,3-6,10-11H2,1-2H3. The molecule has 0 saturated carbocycles. The number of piperidine rings is 1. The molecule has 0 amide bonds. The van der Waals surface area contributed by atoms with Crippen molar-refractivity contribution in [1.29, 1.82) is 0 Å². The molecule has 0 atom stereocenters. The predicted molar refractivity (Wildman–Crippen MR) is 97.9 cm³/mol. The fourth-order valence-electron chi connectivity index (χ4n) is 3.24. The van der Waals surface area contributed by atoms with Gasteiger partial charge in [0.1, 0.15) is 0 Å². The summed E-state index contributed by atoms with van der Waals surface area (Å²) in [5, 5.41) is 0. The van der Waals surface area contributed by atoms with Gasteiger partial charge in [-0.15, -0.1) is 0 Å². The van der Waals surface area contributed by atoms with E-state index in [1.807, 2.05) is 31.4 Å². The summed E-state index contributed by atoms with van der Waals surface area (Å²) in [6.07, 6.45) is 1.77. The number of hydrogen-bond acceptors (Lipinski definition) is 6. The molecule has 0 aliphatic carbocycles. The fraction of sp³-hybridized carbons (Fsp3) is 0.556. The Kier molecular flexibility index (Phi) is 5.97. The first kappa shape index (κ1) is 20.2. The average Bonchev–Trinajstić information content (AvgIpc) is 2.64. The molecule has 0 radical (unpaired) electrons. The van der Waals surface area contributed by atoms with Crippen LogP contribution in [0.4, 0.5) is 19.1 Å². The number of halogens is 3. The van der Waals surface area contributed by atoms with Crippen molar-refractivity contribution in [2.75, 3.05) is 32.1 Å². The first-order chi connectivity index (χ1) is 13.2. The molecule has 0 spiro atoms. The number of aromatic nitrogens is 4. The fourth-order valence-corrected chi connectivity index (χ4v) is 3.24. The summed E-state index contributed by atoms with van der Waals surface area (Å²) in [6, 6.07) is 0.562. The number of hydrogen-bond donors (Lipinski definition) is 0. The van der Waals surface area contributed by atoms with Gasteiger partial charge in [0, 0.05) is 51.2 Å². The largest absolute Gasteiger partial charge is 0.433 e. The molecule has 28 heavy (non-hydrogen) atoms. The van der Waals surface area contributed by atoms with E-state index < -0.39 is 17.4 Å². The Morgan fingerprint density at radius 2 is 1.79 bits per heavy atom. The molecular weight excluding hydrogens is 373 g/mol. The van der Waals surface area contributed by atoms with E-state index in [1.54, 1.807) is 0 Å². The van der Waals surface area contributed by atoms with Crippen LogP contribution in [0.2, 0.25) is 0 Å². The lowest BCUT2D eigenvalue weighted by molar-refractivity contribution is -0.141. The monoisotopic (exact) mass is 396 g/mol. The maximum Gasteiger partial charge on any atom is 0.433 e. The summed E-state index contributed by atoms with van der Waals surface area (Å²) in [7, 11) is 3.77. The maximum atomic E-state index is 12.6. The second-order valence-electron chi connectivity index (χ2n) is 7.27. The molecule has 7 nitrogen and oxygen atoms in total. The van der Waals surface area contributed by atoms with Crippen LogP contribution in [-0.2, 0) is 19.3 Å². The number of anilines is 1. The minimum atomic E-state index is -4.60. The second kappa shape index (κ2) is 8.26. The smallest absolute Gasteiger partial charge is 0.347 e. The lowest BCUT2D eigenvalue weighted by atomic mass is 9.96. The third-order valence-corrected chi connectivity index (χ3v) is 4.83. The lowest BCUT2D eigenvalue weighted by Gasteiger charge is -2.32. The van der Waals surface area contributed by atoms with Crippen molar-refractivity contribution in [1.82, 2.24) is 24.4 Å². The van der Waals surface area contributed by atoms with Gasteiger partial charge in [-0.25, -0.2) is 15.0 Å². The zero-order valence-corrected chi connectivity index (χ0v) is 15.9. The Balaban J connectivity index is 1.52. The molecule has 2 aromatic rings. The van der Waals surface area contributed by atoms with E-state index in [2.05, 4.69) is 19.9 Å². The van der Waals surface area contributed by atoms with Gasteiger partial charge in [0.05, 0.1) is 6.33 Å². The van der Waals surface area contributed by atoms with Gasteiger partial charge < -0.3 is 4.90 Å². The van der Waals surface area contributed by atoms with Crippen LogP contribution in [0.15, 0.2) is 29.6 Å². The molecule has 152 valence electrons. The van der Waals surface area contributed by atoms with Gasteiger partial charge in [-0.1, -0.05) is 0 Å². The molecule has 0 bridgehead atoms. The van der Waals surface area contributed by atoms with Crippen molar-refractivity contribution >= 4 is 5.95 Å². The number of alkyl halides is 3. The van der Waals surface area contributed by atoms with Gasteiger partial charge in [0.15, 0.2) is 5.69 Å². The molecule has 1 aliphatic heterocycles. The third-order valence-electron chi connectivity index (χ3n) is 4.83. The highest BCUT2D eigenvalue weighted by atomic mass is 19.4. The number of nitrogens with zero attached hydrogens (tertiary/aromatic N) is 6. The summed E-state index contributed by atoms with van der Waals surface area (Å²) in [5.41, 5.74) is -0.777. The topological polar surface area (TPSA) is 67.2 Å². The molecular formula is C18H23F3N6O. The molecule has 0 N–H and O–H groups in total. The summed E-state index contributed by atoms with van der Waals surface area (Å²) in [5.74, 6) is 0.901. The van der Waals surface area contributed by atoms with Gasteiger partial charge >= 0.3 is 6.18 Å². The molecule has 1 fully saturated rings. The van der Waals surface area contributed by atoms with Gasteiger partial charge in [0.2, 0.25) is 5.95 Å². The van der Waals surface area contributed by atoms with E-state index >= 15 is 0 Å². The summed E-state index contributed by atoms with van der Waals surface area (Å²) >= 11 is 0. The summed E-state index contributed by atoms with van der Waals surface area (Å²) in [4.78, 5) is 28.1. The van der Waals surface area contributed by atoms with E-state index in [-0.39, 0.29) is 5.92 Å². The molecule has 3 heterocycles. The minimum Gasteiger partial charge on any atom is -0.347 e. The Bertz CT molecular complexity index is 842. The van der Waals surface area contributed by atoms with Crippen LogP contribution in [-0.4, -0.2) is 51.6 Å². The summed E-state index contributed by atoms with van der Waals surface area (Å²) < 4.78 is 39.1. The van der Waals surface area contributed by atoms with E-state index in [1.165, 1.54) is 4.57 Å². The van der Waals surface area contributed by atoms with Gasteiger partial charge in [-0.05, 0) is 31.8 Å². The molecule has 1 aliphatic rings. The van der Waals surface area contributed by atoms with Crippen LogP contribution in [0.1, 0.15) is 24.1 Å². The average molecular weight is 396 g/mol. The highest BCUT2D eigenvalue weighted by molar-refractivity contribution is 5.26. The zero-order valence-electron chi connectivity index (χ0n) is 15.9. The Hall–Kier alpha value is -2.49. The van der Waals surface area contributed by atoms with Crippen molar-refractivity contribution < 1.29 is 13.2 Å². The quantitative estimate of drug-likeness (QED) is 0.771. The molecule has 2 aromatic heterocycles. The van der Waals surface area contributed by atoms with E-state index in [9.17, 15) is 18.0 Å². The lowest BCUT2D eigenvalue weighted by Crippen LogP contribution is -2.36. The van der Waals surface area contributed by atoms with Crippen molar-refractivity contribution in [3.63, 3.8) is 0 Å². The highest BCUT2D eigenvalue weighted by Crippen LogP contribution is 2.26. The van der Waals surface area contributed by atoms with Gasteiger partial charge in [-0.3, -0.25) is 14.3 Å². The Morgan fingerprint density at radius 1 is 1.14 bits per heavy atom. The number of likely N-dealkylation sites (tertiary alicyclic amines) is 1. The maximum absolute atomic E-state index is 12.6. The van der Waals surface area contributed by atoms with Gasteiger partial charge in [-0.2, -0.15) is 13.2 Å². The van der Waals surface area contributed by atoms with E-state index in [0.717, 1.165) is 44.4 Å². The molecule has 0 unspecified atom stereocenters. The summed E-state index contributed by atoms with van der Waals surface area (Å²) in [6.45, 7) is 2.84. The molecule has 3 rings (SSSR count). The SMILES string of the molecule is CN(C)c1ncc(CN2CCC(Cn3cnc(C(F)(F)F)cc3=O)CC2)cn1. The molecule has 1 saturated heterocycles. The Morgan fingerprint density at radius 3 is 2.32 bits per heavy atom. The first-order valence-corrected chi connectivity index (χ1v) is 9.06. The van der Waals surface area contributed by atoms with Crippen molar-refractivity contribution in [2.24, 2.45) is 5.92 Å². The van der Waals surface area contributed by atoms with Crippen molar-refractivity contribution in [3.8, 4) is 0 Å². The van der Waals surface area contributed by atoms with Crippen molar-refractivity contribution in [2.45, 2.75) is 32.1 Å². The van der Waals surface area contributed by atoms with Crippen LogP contribution in [0.25, 0.3) is 0 Å². The zero-order chi connectivity index (χ0) is 20.3.